The Bertz CT molecular complexity index is 848. The second-order valence-electron chi connectivity index (χ2n) is 7.25. The van der Waals surface area contributed by atoms with Crippen LogP contribution >= 0.6 is 0 Å². The highest BCUT2D eigenvalue weighted by Crippen LogP contribution is 2.19. The summed E-state index contributed by atoms with van der Waals surface area (Å²) >= 11 is 0. The van der Waals surface area contributed by atoms with Gasteiger partial charge in [-0.1, -0.05) is 13.0 Å². The van der Waals surface area contributed by atoms with Gasteiger partial charge in [-0.15, -0.1) is 0 Å². The number of ether oxygens (including phenoxy) is 2. The van der Waals surface area contributed by atoms with Crippen LogP contribution in [0.5, 0.6) is 5.75 Å². The number of nitrogens with zero attached hydrogens (tertiary/aromatic N) is 1. The minimum Gasteiger partial charge on any atom is -0.491 e. The van der Waals surface area contributed by atoms with Crippen molar-refractivity contribution in [3.8, 4) is 5.75 Å². The average molecular weight is 412 g/mol. The highest BCUT2D eigenvalue weighted by atomic mass is 16.5. The first-order valence-corrected chi connectivity index (χ1v) is 10.3. The van der Waals surface area contributed by atoms with Crippen LogP contribution in [0.3, 0.4) is 0 Å². The third-order valence-electron chi connectivity index (χ3n) is 4.91. The van der Waals surface area contributed by atoms with Gasteiger partial charge in [-0.25, -0.2) is 0 Å². The fourth-order valence-corrected chi connectivity index (χ4v) is 3.03. The Morgan fingerprint density at radius 3 is 2.53 bits per heavy atom. The third kappa shape index (κ3) is 6.22. The van der Waals surface area contributed by atoms with Gasteiger partial charge in [0.2, 0.25) is 5.91 Å². The van der Waals surface area contributed by atoms with Crippen LogP contribution in [0.2, 0.25) is 0 Å². The molecule has 1 atom stereocenters. The lowest BCUT2D eigenvalue weighted by Crippen LogP contribution is -2.40. The van der Waals surface area contributed by atoms with Crippen LogP contribution < -0.4 is 15.4 Å². The first kappa shape index (κ1) is 21.6. The van der Waals surface area contributed by atoms with E-state index in [9.17, 15) is 9.59 Å². The van der Waals surface area contributed by atoms with Crippen molar-refractivity contribution < 1.29 is 19.1 Å². The minimum absolute atomic E-state index is 0.0164. The van der Waals surface area contributed by atoms with E-state index in [1.54, 1.807) is 29.2 Å². The Kier molecular flexibility index (Phi) is 7.68. The fourth-order valence-electron chi connectivity index (χ4n) is 3.03. The summed E-state index contributed by atoms with van der Waals surface area (Å²) in [4.78, 5) is 26.5. The molecule has 2 amide bonds. The van der Waals surface area contributed by atoms with Crippen LogP contribution in [0.4, 0.5) is 11.4 Å². The summed E-state index contributed by atoms with van der Waals surface area (Å²) < 4.78 is 11.1. The molecule has 0 saturated carbocycles. The van der Waals surface area contributed by atoms with Gasteiger partial charge in [0, 0.05) is 36.1 Å². The molecule has 0 bridgehead atoms. The number of amides is 2. The molecule has 1 heterocycles. The van der Waals surface area contributed by atoms with E-state index < -0.39 is 0 Å². The summed E-state index contributed by atoms with van der Waals surface area (Å²) in [6, 6.07) is 14.5. The molecule has 3 rings (SSSR count). The lowest BCUT2D eigenvalue weighted by atomic mass is 10.1. The number of carbonyl (C=O) groups is 2. The molecule has 7 nitrogen and oxygen atoms in total. The molecule has 1 aliphatic rings. The molecule has 0 aliphatic carbocycles. The van der Waals surface area contributed by atoms with Gasteiger partial charge in [0.05, 0.1) is 25.9 Å². The van der Waals surface area contributed by atoms with Crippen molar-refractivity contribution in [1.29, 1.82) is 0 Å². The zero-order valence-electron chi connectivity index (χ0n) is 17.5. The maximum atomic E-state index is 12.5. The number of anilines is 2. The SMILES string of the molecule is CCC(C)Oc1cccc(NCC(=O)Nc2ccc(C(=O)N3CCOCC3)cc2)c1. The van der Waals surface area contributed by atoms with Gasteiger partial charge >= 0.3 is 0 Å². The number of morpholine rings is 1. The first-order valence-electron chi connectivity index (χ1n) is 10.3. The van der Waals surface area contributed by atoms with Crippen LogP contribution in [-0.4, -0.2) is 55.7 Å². The second kappa shape index (κ2) is 10.6. The smallest absolute Gasteiger partial charge is 0.254 e. The minimum atomic E-state index is -0.171. The molecular weight excluding hydrogens is 382 g/mol. The van der Waals surface area contributed by atoms with Crippen molar-refractivity contribution in [2.45, 2.75) is 26.4 Å². The molecule has 1 aliphatic heterocycles. The predicted octanol–water partition coefficient (Wildman–Crippen LogP) is 3.39. The van der Waals surface area contributed by atoms with Crippen molar-refractivity contribution in [3.05, 3.63) is 54.1 Å². The van der Waals surface area contributed by atoms with Crippen LogP contribution in [0.25, 0.3) is 0 Å². The van der Waals surface area contributed by atoms with Crippen LogP contribution in [-0.2, 0) is 9.53 Å². The summed E-state index contributed by atoms with van der Waals surface area (Å²) in [5.74, 6) is 0.586. The Labute approximate surface area is 177 Å². The molecular formula is C23H29N3O4. The number of rotatable bonds is 8. The largest absolute Gasteiger partial charge is 0.491 e. The van der Waals surface area contributed by atoms with Gasteiger partial charge in [-0.3, -0.25) is 9.59 Å². The molecule has 0 aromatic heterocycles. The zero-order valence-corrected chi connectivity index (χ0v) is 17.5. The van der Waals surface area contributed by atoms with E-state index in [4.69, 9.17) is 9.47 Å². The normalized spacial score (nSPS) is 14.7. The Balaban J connectivity index is 1.49. The van der Waals surface area contributed by atoms with Gasteiger partial charge in [0.1, 0.15) is 5.75 Å². The first-order chi connectivity index (χ1) is 14.5. The maximum absolute atomic E-state index is 12.5. The quantitative estimate of drug-likeness (QED) is 0.696. The van der Waals surface area contributed by atoms with Crippen molar-refractivity contribution in [2.75, 3.05) is 43.5 Å². The standard InChI is InChI=1S/C23H29N3O4/c1-3-17(2)30-21-6-4-5-20(15-21)24-16-22(27)25-19-9-7-18(8-10-19)23(28)26-11-13-29-14-12-26/h4-10,15,17,24H,3,11-14,16H2,1-2H3,(H,25,27). The Morgan fingerprint density at radius 1 is 1.10 bits per heavy atom. The highest BCUT2D eigenvalue weighted by molar-refractivity contribution is 5.96. The fraction of sp³-hybridized carbons (Fsp3) is 0.391. The third-order valence-corrected chi connectivity index (χ3v) is 4.91. The topological polar surface area (TPSA) is 79.9 Å². The summed E-state index contributed by atoms with van der Waals surface area (Å²) in [6.45, 7) is 6.56. The van der Waals surface area contributed by atoms with Crippen molar-refractivity contribution in [2.24, 2.45) is 0 Å². The van der Waals surface area contributed by atoms with Gasteiger partial charge < -0.3 is 25.0 Å². The molecule has 2 N–H and O–H groups in total. The van der Waals surface area contributed by atoms with Crippen molar-refractivity contribution >= 4 is 23.2 Å². The summed E-state index contributed by atoms with van der Waals surface area (Å²) in [5.41, 5.74) is 2.07. The molecule has 2 aromatic rings. The van der Waals surface area contributed by atoms with E-state index in [1.165, 1.54) is 0 Å². The van der Waals surface area contributed by atoms with E-state index in [0.29, 0.717) is 37.6 Å². The molecule has 1 unspecified atom stereocenters. The number of hydrogen-bond donors (Lipinski definition) is 2. The molecule has 160 valence electrons. The number of nitrogens with one attached hydrogen (secondary N) is 2. The second-order valence-corrected chi connectivity index (χ2v) is 7.25. The number of carbonyl (C=O) groups excluding carboxylic acids is 2. The van der Waals surface area contributed by atoms with E-state index in [0.717, 1.165) is 17.9 Å². The molecule has 1 saturated heterocycles. The maximum Gasteiger partial charge on any atom is 0.254 e. The van der Waals surface area contributed by atoms with Gasteiger partial charge in [-0.05, 0) is 49.7 Å². The van der Waals surface area contributed by atoms with Crippen molar-refractivity contribution in [3.63, 3.8) is 0 Å². The lowest BCUT2D eigenvalue weighted by molar-refractivity contribution is -0.114. The van der Waals surface area contributed by atoms with E-state index in [2.05, 4.69) is 17.6 Å². The van der Waals surface area contributed by atoms with Gasteiger partial charge in [-0.2, -0.15) is 0 Å². The molecule has 2 aromatic carbocycles. The summed E-state index contributed by atoms with van der Waals surface area (Å²) in [7, 11) is 0. The summed E-state index contributed by atoms with van der Waals surface area (Å²) in [6.07, 6.45) is 1.07. The van der Waals surface area contributed by atoms with Gasteiger partial charge in [0.25, 0.3) is 5.91 Å². The van der Waals surface area contributed by atoms with E-state index in [1.807, 2.05) is 31.2 Å². The van der Waals surface area contributed by atoms with Crippen LogP contribution in [0, 0.1) is 0 Å². The zero-order chi connectivity index (χ0) is 21.3. The highest BCUT2D eigenvalue weighted by Gasteiger charge is 2.18. The molecule has 7 heteroatoms. The molecule has 0 spiro atoms. The molecule has 0 radical (unpaired) electrons. The van der Waals surface area contributed by atoms with Crippen molar-refractivity contribution in [1.82, 2.24) is 4.90 Å². The number of benzene rings is 2. The monoisotopic (exact) mass is 411 g/mol. The Morgan fingerprint density at radius 2 is 1.83 bits per heavy atom. The van der Waals surface area contributed by atoms with Crippen LogP contribution in [0.1, 0.15) is 30.6 Å². The van der Waals surface area contributed by atoms with Crippen LogP contribution in [0.15, 0.2) is 48.5 Å². The predicted molar refractivity (Wildman–Crippen MR) is 117 cm³/mol. The molecule has 30 heavy (non-hydrogen) atoms. The Hall–Kier alpha value is -3.06. The van der Waals surface area contributed by atoms with E-state index >= 15 is 0 Å². The molecule has 1 fully saturated rings. The number of hydrogen-bond acceptors (Lipinski definition) is 5. The summed E-state index contributed by atoms with van der Waals surface area (Å²) in [5, 5.41) is 5.94. The van der Waals surface area contributed by atoms with E-state index in [-0.39, 0.29) is 24.5 Å². The lowest BCUT2D eigenvalue weighted by Gasteiger charge is -2.26. The van der Waals surface area contributed by atoms with Gasteiger partial charge in [0.15, 0.2) is 0 Å². The average Bonchev–Trinajstić information content (AvgIpc) is 2.78.